The van der Waals surface area contributed by atoms with Gasteiger partial charge in [0.15, 0.2) is 0 Å². The molecule has 1 aromatic carbocycles. The van der Waals surface area contributed by atoms with E-state index in [0.29, 0.717) is 5.75 Å². The average Bonchev–Trinajstić information content (AvgIpc) is 2.19. The molecule has 76 valence electrons. The minimum Gasteiger partial charge on any atom is -0.507 e. The molecule has 1 rings (SSSR count). The van der Waals surface area contributed by atoms with Crippen molar-refractivity contribution in [3.63, 3.8) is 0 Å². The van der Waals surface area contributed by atoms with Crippen molar-refractivity contribution >= 4 is 5.91 Å². The number of carbonyl (C=O) groups is 1. The maximum atomic E-state index is 11.3. The van der Waals surface area contributed by atoms with Gasteiger partial charge in [-0.2, -0.15) is 0 Å². The van der Waals surface area contributed by atoms with E-state index in [9.17, 15) is 9.90 Å². The van der Waals surface area contributed by atoms with E-state index in [0.717, 1.165) is 0 Å². The van der Waals surface area contributed by atoms with Gasteiger partial charge in [-0.1, -0.05) is 0 Å². The van der Waals surface area contributed by atoms with Crippen molar-refractivity contribution in [3.8, 4) is 11.5 Å². The Kier molecular flexibility index (Phi) is 3.30. The standard InChI is InChI=1S/C9H11NO4/c1-13-6-3-4-8(11)7(5-6)9(12)10-14-2/h3-5,11H,1-2H3,(H,10,12). The van der Waals surface area contributed by atoms with Crippen molar-refractivity contribution in [2.24, 2.45) is 0 Å². The Labute approximate surface area is 81.2 Å². The third-order valence-corrected chi connectivity index (χ3v) is 1.64. The van der Waals surface area contributed by atoms with Crippen molar-refractivity contribution in [3.05, 3.63) is 23.8 Å². The number of nitrogens with one attached hydrogen (secondary N) is 1. The van der Waals surface area contributed by atoms with Crippen LogP contribution in [0.4, 0.5) is 0 Å². The summed E-state index contributed by atoms with van der Waals surface area (Å²) in [7, 11) is 2.79. The molecule has 0 radical (unpaired) electrons. The number of carbonyl (C=O) groups excluding carboxylic acids is 1. The first-order chi connectivity index (χ1) is 6.69. The fraction of sp³-hybridized carbons (Fsp3) is 0.222. The minimum atomic E-state index is -0.524. The third-order valence-electron chi connectivity index (χ3n) is 1.64. The van der Waals surface area contributed by atoms with Crippen LogP contribution in [0.1, 0.15) is 10.4 Å². The lowest BCUT2D eigenvalue weighted by Gasteiger charge is -2.06. The number of phenolic OH excluding ortho intramolecular Hbond substituents is 1. The van der Waals surface area contributed by atoms with Gasteiger partial charge in [0.1, 0.15) is 11.5 Å². The molecule has 0 aliphatic rings. The maximum absolute atomic E-state index is 11.3. The van der Waals surface area contributed by atoms with Crippen LogP contribution >= 0.6 is 0 Å². The number of benzene rings is 1. The van der Waals surface area contributed by atoms with E-state index in [1.165, 1.54) is 26.4 Å². The topological polar surface area (TPSA) is 67.8 Å². The van der Waals surface area contributed by atoms with E-state index in [2.05, 4.69) is 10.3 Å². The summed E-state index contributed by atoms with van der Waals surface area (Å²) in [5, 5.41) is 9.36. The van der Waals surface area contributed by atoms with Crippen LogP contribution in [-0.2, 0) is 4.84 Å². The third kappa shape index (κ3) is 2.14. The molecule has 0 unspecified atom stereocenters. The molecule has 0 aliphatic carbocycles. The Balaban J connectivity index is 2.99. The molecule has 0 fully saturated rings. The van der Waals surface area contributed by atoms with Gasteiger partial charge in [-0.3, -0.25) is 9.63 Å². The number of methoxy groups -OCH3 is 1. The summed E-state index contributed by atoms with van der Waals surface area (Å²) in [6, 6.07) is 4.35. The molecular formula is C9H11NO4. The first kappa shape index (κ1) is 10.3. The Morgan fingerprint density at radius 2 is 2.14 bits per heavy atom. The quantitative estimate of drug-likeness (QED) is 0.699. The summed E-state index contributed by atoms with van der Waals surface area (Å²) >= 11 is 0. The maximum Gasteiger partial charge on any atom is 0.278 e. The number of hydrogen-bond acceptors (Lipinski definition) is 4. The first-order valence-corrected chi connectivity index (χ1v) is 3.89. The van der Waals surface area contributed by atoms with Gasteiger partial charge in [0, 0.05) is 0 Å². The molecule has 0 saturated carbocycles. The average molecular weight is 197 g/mol. The molecule has 14 heavy (non-hydrogen) atoms. The van der Waals surface area contributed by atoms with Crippen LogP contribution < -0.4 is 10.2 Å². The molecule has 0 saturated heterocycles. The van der Waals surface area contributed by atoms with Crippen molar-refractivity contribution in [1.82, 2.24) is 5.48 Å². The van der Waals surface area contributed by atoms with Crippen LogP contribution in [0.5, 0.6) is 11.5 Å². The van der Waals surface area contributed by atoms with Gasteiger partial charge >= 0.3 is 0 Å². The van der Waals surface area contributed by atoms with Crippen LogP contribution in [0, 0.1) is 0 Å². The van der Waals surface area contributed by atoms with Gasteiger partial charge in [-0.05, 0) is 18.2 Å². The molecule has 0 aliphatic heterocycles. The summed E-state index contributed by atoms with van der Waals surface area (Å²) in [5.74, 6) is -0.159. The van der Waals surface area contributed by atoms with Crippen LogP contribution in [-0.4, -0.2) is 25.2 Å². The second-order valence-corrected chi connectivity index (χ2v) is 2.52. The van der Waals surface area contributed by atoms with Gasteiger partial charge in [0.2, 0.25) is 0 Å². The number of aromatic hydroxyl groups is 1. The lowest BCUT2D eigenvalue weighted by molar-refractivity contribution is 0.0534. The zero-order valence-electron chi connectivity index (χ0n) is 7.90. The number of rotatable bonds is 3. The van der Waals surface area contributed by atoms with E-state index in [1.807, 2.05) is 0 Å². The molecule has 5 heteroatoms. The predicted molar refractivity (Wildman–Crippen MR) is 49.1 cm³/mol. The monoisotopic (exact) mass is 197 g/mol. The molecule has 2 N–H and O–H groups in total. The second-order valence-electron chi connectivity index (χ2n) is 2.52. The largest absolute Gasteiger partial charge is 0.507 e. The van der Waals surface area contributed by atoms with Gasteiger partial charge in [-0.15, -0.1) is 0 Å². The minimum absolute atomic E-state index is 0.103. The molecule has 1 amide bonds. The number of hydroxylamine groups is 1. The van der Waals surface area contributed by atoms with E-state index in [-0.39, 0.29) is 11.3 Å². The summed E-state index contributed by atoms with van der Waals surface area (Å²) < 4.78 is 4.91. The SMILES string of the molecule is CONC(=O)c1cc(OC)ccc1O. The van der Waals surface area contributed by atoms with Gasteiger partial charge < -0.3 is 9.84 Å². The number of hydrogen-bond donors (Lipinski definition) is 2. The molecule has 0 atom stereocenters. The zero-order chi connectivity index (χ0) is 10.6. The Morgan fingerprint density at radius 3 is 2.71 bits per heavy atom. The lowest BCUT2D eigenvalue weighted by Crippen LogP contribution is -2.21. The van der Waals surface area contributed by atoms with Crippen molar-refractivity contribution in [2.75, 3.05) is 14.2 Å². The van der Waals surface area contributed by atoms with Crippen molar-refractivity contribution in [2.45, 2.75) is 0 Å². The molecule has 0 spiro atoms. The number of amides is 1. The van der Waals surface area contributed by atoms with Crippen LogP contribution in [0.2, 0.25) is 0 Å². The summed E-state index contributed by atoms with van der Waals surface area (Å²) in [6.07, 6.45) is 0. The van der Waals surface area contributed by atoms with Gasteiger partial charge in [0.05, 0.1) is 19.8 Å². The highest BCUT2D eigenvalue weighted by atomic mass is 16.6. The fourth-order valence-electron chi connectivity index (χ4n) is 0.972. The Bertz CT molecular complexity index is 338. The molecule has 1 aromatic rings. The highest BCUT2D eigenvalue weighted by Gasteiger charge is 2.11. The number of ether oxygens (including phenoxy) is 1. The molecule has 0 heterocycles. The number of phenols is 1. The van der Waals surface area contributed by atoms with Crippen LogP contribution in [0.3, 0.4) is 0 Å². The Morgan fingerprint density at radius 1 is 1.43 bits per heavy atom. The van der Waals surface area contributed by atoms with E-state index >= 15 is 0 Å². The second kappa shape index (κ2) is 4.48. The first-order valence-electron chi connectivity index (χ1n) is 3.89. The Hall–Kier alpha value is -1.75. The lowest BCUT2D eigenvalue weighted by atomic mass is 10.2. The highest BCUT2D eigenvalue weighted by Crippen LogP contribution is 2.22. The van der Waals surface area contributed by atoms with Crippen LogP contribution in [0.25, 0.3) is 0 Å². The fourth-order valence-corrected chi connectivity index (χ4v) is 0.972. The highest BCUT2D eigenvalue weighted by molar-refractivity contribution is 5.96. The summed E-state index contributed by atoms with van der Waals surface area (Å²) in [4.78, 5) is 15.7. The van der Waals surface area contributed by atoms with Gasteiger partial charge in [0.25, 0.3) is 5.91 Å². The normalized spacial score (nSPS) is 9.57. The smallest absolute Gasteiger partial charge is 0.278 e. The molecule has 0 aromatic heterocycles. The molecule has 5 nitrogen and oxygen atoms in total. The summed E-state index contributed by atoms with van der Waals surface area (Å²) in [6.45, 7) is 0. The van der Waals surface area contributed by atoms with Crippen LogP contribution in [0.15, 0.2) is 18.2 Å². The van der Waals surface area contributed by atoms with Gasteiger partial charge in [-0.25, -0.2) is 5.48 Å². The van der Waals surface area contributed by atoms with Crippen molar-refractivity contribution in [1.29, 1.82) is 0 Å². The van der Waals surface area contributed by atoms with E-state index in [4.69, 9.17) is 4.74 Å². The molecule has 0 bridgehead atoms. The molecular weight excluding hydrogens is 186 g/mol. The summed E-state index contributed by atoms with van der Waals surface area (Å²) in [5.41, 5.74) is 2.20. The van der Waals surface area contributed by atoms with E-state index < -0.39 is 5.91 Å². The zero-order valence-corrected chi connectivity index (χ0v) is 7.90. The van der Waals surface area contributed by atoms with Crippen molar-refractivity contribution < 1.29 is 19.5 Å². The van der Waals surface area contributed by atoms with E-state index in [1.54, 1.807) is 6.07 Å². The predicted octanol–water partition coefficient (Wildman–Crippen LogP) is 0.692.